The van der Waals surface area contributed by atoms with Gasteiger partial charge in [-0.2, -0.15) is 0 Å². The first-order valence-electron chi connectivity index (χ1n) is 6.86. The van der Waals surface area contributed by atoms with Crippen LogP contribution in [0.15, 0.2) is 23.2 Å². The lowest BCUT2D eigenvalue weighted by molar-refractivity contribution is 0.356. The molecule has 96 valence electrons. The van der Waals surface area contributed by atoms with Crippen molar-refractivity contribution in [2.45, 2.75) is 45.4 Å². The number of imidazole rings is 1. The number of fused-ring (bicyclic) bond motifs is 1. The van der Waals surface area contributed by atoms with Crippen LogP contribution in [-0.4, -0.2) is 9.38 Å². The molecule has 2 heterocycles. The highest BCUT2D eigenvalue weighted by Crippen LogP contribution is 2.28. The van der Waals surface area contributed by atoms with Gasteiger partial charge < -0.3 is 0 Å². The van der Waals surface area contributed by atoms with Gasteiger partial charge in [-0.3, -0.25) is 4.40 Å². The van der Waals surface area contributed by atoms with E-state index in [9.17, 15) is 0 Å². The number of hydrogen-bond donors (Lipinski definition) is 0. The molecule has 1 saturated carbocycles. The summed E-state index contributed by atoms with van der Waals surface area (Å²) in [5, 5.41) is 0. The van der Waals surface area contributed by atoms with Crippen molar-refractivity contribution in [3.8, 4) is 0 Å². The third-order valence-corrected chi connectivity index (χ3v) is 4.75. The predicted octanol–water partition coefficient (Wildman–Crippen LogP) is 4.53. The summed E-state index contributed by atoms with van der Waals surface area (Å²) in [5.41, 5.74) is 4.08. The lowest BCUT2D eigenvalue weighted by Gasteiger charge is -2.22. The standard InChI is InChI=1S/C15H19BrN2/c1-11-10-18-14(9-17-15(18)16)8-13(11)7-12-5-3-2-4-6-12/h8-10,12H,2-7H2,1H3. The maximum atomic E-state index is 4.30. The number of nitrogens with zero attached hydrogens (tertiary/aromatic N) is 2. The molecule has 0 aliphatic heterocycles. The van der Waals surface area contributed by atoms with Crippen LogP contribution >= 0.6 is 15.9 Å². The van der Waals surface area contributed by atoms with Crippen molar-refractivity contribution in [2.75, 3.05) is 0 Å². The van der Waals surface area contributed by atoms with E-state index in [4.69, 9.17) is 0 Å². The average molecular weight is 307 g/mol. The van der Waals surface area contributed by atoms with Crippen LogP contribution in [0, 0.1) is 12.8 Å². The first kappa shape index (κ1) is 12.2. The third-order valence-electron chi connectivity index (χ3n) is 4.17. The van der Waals surface area contributed by atoms with Crippen LogP contribution in [-0.2, 0) is 6.42 Å². The Morgan fingerprint density at radius 1 is 1.33 bits per heavy atom. The molecule has 0 saturated heterocycles. The molecule has 3 rings (SSSR count). The number of hydrogen-bond acceptors (Lipinski definition) is 1. The van der Waals surface area contributed by atoms with Gasteiger partial charge in [-0.15, -0.1) is 0 Å². The van der Waals surface area contributed by atoms with Gasteiger partial charge in [0.2, 0.25) is 0 Å². The van der Waals surface area contributed by atoms with Gasteiger partial charge in [0.05, 0.1) is 11.7 Å². The van der Waals surface area contributed by atoms with E-state index in [-0.39, 0.29) is 0 Å². The second-order valence-electron chi connectivity index (χ2n) is 5.51. The molecule has 1 aliphatic carbocycles. The average Bonchev–Trinajstić information content (AvgIpc) is 2.73. The highest BCUT2D eigenvalue weighted by atomic mass is 79.9. The molecule has 0 N–H and O–H groups in total. The zero-order valence-corrected chi connectivity index (χ0v) is 12.4. The zero-order chi connectivity index (χ0) is 12.5. The Kier molecular flexibility index (Phi) is 3.42. The number of halogens is 1. The van der Waals surface area contributed by atoms with Crippen molar-refractivity contribution in [2.24, 2.45) is 5.92 Å². The minimum atomic E-state index is 0.893. The lowest BCUT2D eigenvalue weighted by Crippen LogP contribution is -2.10. The molecule has 1 fully saturated rings. The zero-order valence-electron chi connectivity index (χ0n) is 10.8. The number of pyridine rings is 1. The van der Waals surface area contributed by atoms with Crippen molar-refractivity contribution in [1.29, 1.82) is 0 Å². The number of aryl methyl sites for hydroxylation is 1. The highest BCUT2D eigenvalue weighted by Gasteiger charge is 2.15. The van der Waals surface area contributed by atoms with Crippen LogP contribution in [0.5, 0.6) is 0 Å². The Morgan fingerprint density at radius 3 is 2.89 bits per heavy atom. The Labute approximate surface area is 117 Å². The van der Waals surface area contributed by atoms with Crippen molar-refractivity contribution >= 4 is 21.4 Å². The van der Waals surface area contributed by atoms with Gasteiger partial charge in [-0.1, -0.05) is 32.1 Å². The van der Waals surface area contributed by atoms with Crippen LogP contribution in [0.25, 0.3) is 5.52 Å². The van der Waals surface area contributed by atoms with Crippen LogP contribution < -0.4 is 0 Å². The van der Waals surface area contributed by atoms with Crippen LogP contribution in [0.3, 0.4) is 0 Å². The molecule has 2 nitrogen and oxygen atoms in total. The van der Waals surface area contributed by atoms with Crippen molar-refractivity contribution < 1.29 is 0 Å². The van der Waals surface area contributed by atoms with Crippen molar-refractivity contribution in [1.82, 2.24) is 9.38 Å². The molecule has 2 aromatic heterocycles. The third kappa shape index (κ3) is 2.33. The monoisotopic (exact) mass is 306 g/mol. The Bertz CT molecular complexity index is 553. The van der Waals surface area contributed by atoms with E-state index in [0.717, 1.165) is 10.7 Å². The molecule has 0 radical (unpaired) electrons. The summed E-state index contributed by atoms with van der Waals surface area (Å²) >= 11 is 3.48. The summed E-state index contributed by atoms with van der Waals surface area (Å²) in [5.74, 6) is 0.895. The Balaban J connectivity index is 1.88. The smallest absolute Gasteiger partial charge is 0.181 e. The second-order valence-corrected chi connectivity index (χ2v) is 6.22. The van der Waals surface area contributed by atoms with Crippen molar-refractivity contribution in [3.63, 3.8) is 0 Å². The van der Waals surface area contributed by atoms with Crippen molar-refractivity contribution in [3.05, 3.63) is 34.3 Å². The van der Waals surface area contributed by atoms with Gasteiger partial charge in [0.15, 0.2) is 4.73 Å². The van der Waals surface area contributed by atoms with Gasteiger partial charge in [0.1, 0.15) is 0 Å². The van der Waals surface area contributed by atoms with Gasteiger partial charge >= 0.3 is 0 Å². The molecular weight excluding hydrogens is 288 g/mol. The van der Waals surface area contributed by atoms with Gasteiger partial charge in [0, 0.05) is 6.20 Å². The minimum absolute atomic E-state index is 0.893. The van der Waals surface area contributed by atoms with E-state index < -0.39 is 0 Å². The highest BCUT2D eigenvalue weighted by molar-refractivity contribution is 9.10. The summed E-state index contributed by atoms with van der Waals surface area (Å²) in [6.07, 6.45) is 12.5. The van der Waals surface area contributed by atoms with Gasteiger partial charge in [-0.25, -0.2) is 4.98 Å². The molecule has 0 atom stereocenters. The molecule has 0 spiro atoms. The number of rotatable bonds is 2. The SMILES string of the molecule is Cc1cn2c(Br)ncc2cc1CC1CCCCC1. The number of aromatic nitrogens is 2. The molecule has 0 bridgehead atoms. The van der Waals surface area contributed by atoms with Crippen LogP contribution in [0.1, 0.15) is 43.2 Å². The first-order valence-corrected chi connectivity index (χ1v) is 7.65. The van der Waals surface area contributed by atoms with E-state index in [1.165, 1.54) is 55.2 Å². The summed E-state index contributed by atoms with van der Waals surface area (Å²) < 4.78 is 3.00. The van der Waals surface area contributed by atoms with Crippen LogP contribution in [0.4, 0.5) is 0 Å². The maximum absolute atomic E-state index is 4.30. The fraction of sp³-hybridized carbons (Fsp3) is 0.533. The van der Waals surface area contributed by atoms with E-state index in [1.54, 1.807) is 0 Å². The molecule has 3 heteroatoms. The molecule has 0 amide bonds. The summed E-state index contributed by atoms with van der Waals surface area (Å²) in [7, 11) is 0. The van der Waals surface area contributed by atoms with E-state index in [0.29, 0.717) is 0 Å². The quantitative estimate of drug-likeness (QED) is 0.797. The lowest BCUT2D eigenvalue weighted by atomic mass is 9.84. The van der Waals surface area contributed by atoms with E-state index >= 15 is 0 Å². The maximum Gasteiger partial charge on any atom is 0.181 e. The Morgan fingerprint density at radius 2 is 2.11 bits per heavy atom. The first-order chi connectivity index (χ1) is 8.74. The topological polar surface area (TPSA) is 17.3 Å². The molecule has 2 aromatic rings. The predicted molar refractivity (Wildman–Crippen MR) is 77.9 cm³/mol. The summed E-state index contributed by atoms with van der Waals surface area (Å²) in [6.45, 7) is 2.21. The van der Waals surface area contributed by atoms with E-state index in [2.05, 4.69) is 44.5 Å². The second kappa shape index (κ2) is 5.04. The Hall–Kier alpha value is -0.830. The van der Waals surface area contributed by atoms with E-state index in [1.807, 2.05) is 6.20 Å². The van der Waals surface area contributed by atoms with Gasteiger partial charge in [0.25, 0.3) is 0 Å². The molecule has 18 heavy (non-hydrogen) atoms. The summed E-state index contributed by atoms with van der Waals surface area (Å²) in [4.78, 5) is 4.30. The molecule has 0 unspecified atom stereocenters. The fourth-order valence-corrected chi connectivity index (χ4v) is 3.49. The largest absolute Gasteiger partial charge is 0.294 e. The summed E-state index contributed by atoms with van der Waals surface area (Å²) in [6, 6.07) is 2.31. The normalized spacial score (nSPS) is 17.4. The molecule has 0 aromatic carbocycles. The van der Waals surface area contributed by atoms with Crippen LogP contribution in [0.2, 0.25) is 0 Å². The fourth-order valence-electron chi connectivity index (χ4n) is 3.08. The molecule has 1 aliphatic rings. The minimum Gasteiger partial charge on any atom is -0.294 e. The van der Waals surface area contributed by atoms with Gasteiger partial charge in [-0.05, 0) is 52.4 Å². The molecular formula is C15H19BrN2.